The molecule has 4 heteroatoms. The number of benzene rings is 2. The first-order valence-corrected chi connectivity index (χ1v) is 13.2. The van der Waals surface area contributed by atoms with Crippen LogP contribution in [0.3, 0.4) is 0 Å². The Labute approximate surface area is 204 Å². The van der Waals surface area contributed by atoms with Crippen molar-refractivity contribution in [1.29, 1.82) is 0 Å². The van der Waals surface area contributed by atoms with Gasteiger partial charge in [0.2, 0.25) is 0 Å². The van der Waals surface area contributed by atoms with E-state index in [4.69, 9.17) is 9.47 Å². The predicted molar refractivity (Wildman–Crippen MR) is 134 cm³/mol. The third kappa shape index (κ3) is 6.94. The average Bonchev–Trinajstić information content (AvgIpc) is 2.92. The molecule has 0 radical (unpaired) electrons. The molecular formula is C30H38O4. The summed E-state index contributed by atoms with van der Waals surface area (Å²) >= 11 is 0. The lowest BCUT2D eigenvalue weighted by Gasteiger charge is -2.34. The monoisotopic (exact) mass is 462 g/mol. The molecule has 34 heavy (non-hydrogen) atoms. The van der Waals surface area contributed by atoms with E-state index < -0.39 is 0 Å². The summed E-state index contributed by atoms with van der Waals surface area (Å²) in [6.07, 6.45) is 12.9. The van der Waals surface area contributed by atoms with Crippen molar-refractivity contribution in [2.45, 2.75) is 89.3 Å². The molecule has 0 unspecified atom stereocenters. The molecule has 0 N–H and O–H groups in total. The first-order chi connectivity index (χ1) is 16.7. The number of carbonyl (C=O) groups excluding carboxylic acids is 2. The molecule has 0 heterocycles. The van der Waals surface area contributed by atoms with E-state index in [-0.39, 0.29) is 24.1 Å². The molecule has 2 fully saturated rings. The standard InChI is InChI=1S/C30H38O4/c31-29(25-17-9-3-10-18-25)33-27(23-13-5-1-6-14-23)21-22-28(24-15-7-2-8-16-24)34-30(32)26-19-11-4-12-20-26/h3-4,9-12,17-20,23-24,27-28H,1-2,5-8,13-16,21-22H2/t27-,28-/m0/s1. The molecule has 2 aliphatic rings. The highest BCUT2D eigenvalue weighted by Gasteiger charge is 2.32. The SMILES string of the molecule is O=C(O[C@@H](CC[C@H](OC(=O)c1ccccc1)C1CCCCC1)C1CCCCC1)c1ccccc1. The van der Waals surface area contributed by atoms with Crippen LogP contribution in [0.2, 0.25) is 0 Å². The van der Waals surface area contributed by atoms with E-state index in [9.17, 15) is 9.59 Å². The van der Waals surface area contributed by atoms with Gasteiger partial charge in [-0.25, -0.2) is 9.59 Å². The molecule has 182 valence electrons. The van der Waals surface area contributed by atoms with Crippen molar-refractivity contribution in [2.24, 2.45) is 11.8 Å². The van der Waals surface area contributed by atoms with Gasteiger partial charge in [0.1, 0.15) is 12.2 Å². The van der Waals surface area contributed by atoms with Crippen LogP contribution >= 0.6 is 0 Å². The molecule has 2 atom stereocenters. The summed E-state index contributed by atoms with van der Waals surface area (Å²) < 4.78 is 12.2. The zero-order valence-corrected chi connectivity index (χ0v) is 20.2. The van der Waals surface area contributed by atoms with Gasteiger partial charge in [0.05, 0.1) is 11.1 Å². The van der Waals surface area contributed by atoms with E-state index in [2.05, 4.69) is 0 Å². The Balaban J connectivity index is 1.45. The van der Waals surface area contributed by atoms with Crippen molar-refractivity contribution in [2.75, 3.05) is 0 Å². The van der Waals surface area contributed by atoms with Crippen LogP contribution in [0.5, 0.6) is 0 Å². The number of rotatable bonds is 9. The minimum atomic E-state index is -0.244. The molecule has 0 saturated heterocycles. The van der Waals surface area contributed by atoms with Crippen LogP contribution in [-0.4, -0.2) is 24.1 Å². The van der Waals surface area contributed by atoms with Crippen LogP contribution in [0.25, 0.3) is 0 Å². The van der Waals surface area contributed by atoms with E-state index in [1.54, 1.807) is 0 Å². The minimum absolute atomic E-state index is 0.130. The molecule has 0 amide bonds. The van der Waals surface area contributed by atoms with Gasteiger partial charge >= 0.3 is 11.9 Å². The predicted octanol–water partition coefficient (Wildman–Crippen LogP) is 7.38. The molecule has 2 aliphatic carbocycles. The van der Waals surface area contributed by atoms with E-state index in [0.29, 0.717) is 23.0 Å². The number of ether oxygens (including phenoxy) is 2. The Kier molecular flexibility index (Phi) is 9.18. The molecule has 2 aromatic rings. The van der Waals surface area contributed by atoms with Crippen LogP contribution in [0.15, 0.2) is 60.7 Å². The summed E-state index contributed by atoms with van der Waals surface area (Å²) in [5.41, 5.74) is 1.20. The Bertz CT molecular complexity index is 807. The van der Waals surface area contributed by atoms with Gasteiger partial charge in [0.25, 0.3) is 0 Å². The Hall–Kier alpha value is -2.62. The maximum atomic E-state index is 12.9. The summed E-state index contributed by atoms with van der Waals surface area (Å²) in [7, 11) is 0. The van der Waals surface area contributed by atoms with Gasteiger partial charge in [-0.1, -0.05) is 74.9 Å². The summed E-state index contributed by atoms with van der Waals surface area (Å²) in [4.78, 5) is 25.8. The van der Waals surface area contributed by atoms with Crippen LogP contribution < -0.4 is 0 Å². The zero-order chi connectivity index (χ0) is 23.6. The molecule has 0 bridgehead atoms. The Morgan fingerprint density at radius 1 is 0.588 bits per heavy atom. The summed E-state index contributed by atoms with van der Waals surface area (Å²) in [6.45, 7) is 0. The lowest BCUT2D eigenvalue weighted by Crippen LogP contribution is -2.33. The van der Waals surface area contributed by atoms with Gasteiger partial charge < -0.3 is 9.47 Å². The fraction of sp³-hybridized carbons (Fsp3) is 0.533. The maximum Gasteiger partial charge on any atom is 0.338 e. The van der Waals surface area contributed by atoms with Crippen LogP contribution in [0.1, 0.15) is 97.8 Å². The highest BCUT2D eigenvalue weighted by Crippen LogP contribution is 2.34. The Morgan fingerprint density at radius 2 is 0.941 bits per heavy atom. The molecule has 0 aromatic heterocycles. The zero-order valence-electron chi connectivity index (χ0n) is 20.2. The van der Waals surface area contributed by atoms with E-state index in [0.717, 1.165) is 38.5 Å². The van der Waals surface area contributed by atoms with Crippen molar-refractivity contribution in [3.05, 3.63) is 71.8 Å². The smallest absolute Gasteiger partial charge is 0.338 e. The second-order valence-corrected chi connectivity index (χ2v) is 9.99. The van der Waals surface area contributed by atoms with Crippen molar-refractivity contribution < 1.29 is 19.1 Å². The van der Waals surface area contributed by atoms with Crippen molar-refractivity contribution in [3.63, 3.8) is 0 Å². The molecule has 2 saturated carbocycles. The maximum absolute atomic E-state index is 12.9. The van der Waals surface area contributed by atoms with Gasteiger partial charge in [0.15, 0.2) is 0 Å². The largest absolute Gasteiger partial charge is 0.458 e. The van der Waals surface area contributed by atoms with Gasteiger partial charge in [-0.3, -0.25) is 0 Å². The first kappa shape index (κ1) is 24.5. The van der Waals surface area contributed by atoms with Crippen LogP contribution in [-0.2, 0) is 9.47 Å². The topological polar surface area (TPSA) is 52.6 Å². The molecule has 4 nitrogen and oxygen atoms in total. The van der Waals surface area contributed by atoms with Gasteiger partial charge in [-0.05, 0) is 74.6 Å². The fourth-order valence-corrected chi connectivity index (χ4v) is 5.68. The highest BCUT2D eigenvalue weighted by atomic mass is 16.5. The molecule has 0 aliphatic heterocycles. The quantitative estimate of drug-likeness (QED) is 0.365. The normalized spacial score (nSPS) is 19.2. The van der Waals surface area contributed by atoms with Crippen molar-refractivity contribution in [1.82, 2.24) is 0 Å². The highest BCUT2D eigenvalue weighted by molar-refractivity contribution is 5.89. The fourth-order valence-electron chi connectivity index (χ4n) is 5.68. The van der Waals surface area contributed by atoms with E-state index in [1.807, 2.05) is 60.7 Å². The molecule has 2 aromatic carbocycles. The molecule has 4 rings (SSSR count). The van der Waals surface area contributed by atoms with Gasteiger partial charge in [-0.2, -0.15) is 0 Å². The number of carbonyl (C=O) groups is 2. The van der Waals surface area contributed by atoms with Gasteiger partial charge in [0, 0.05) is 0 Å². The average molecular weight is 463 g/mol. The molecular weight excluding hydrogens is 424 g/mol. The second-order valence-electron chi connectivity index (χ2n) is 9.99. The summed E-state index contributed by atoms with van der Waals surface area (Å²) in [5.74, 6) is 0.287. The molecule has 0 spiro atoms. The van der Waals surface area contributed by atoms with E-state index >= 15 is 0 Å². The van der Waals surface area contributed by atoms with Crippen molar-refractivity contribution in [3.8, 4) is 0 Å². The number of hydrogen-bond donors (Lipinski definition) is 0. The number of esters is 2. The third-order valence-corrected chi connectivity index (χ3v) is 7.62. The van der Waals surface area contributed by atoms with Crippen LogP contribution in [0, 0.1) is 11.8 Å². The summed E-state index contributed by atoms with van der Waals surface area (Å²) in [5, 5.41) is 0. The lowest BCUT2D eigenvalue weighted by molar-refractivity contribution is -0.0174. The van der Waals surface area contributed by atoms with Gasteiger partial charge in [-0.15, -0.1) is 0 Å². The lowest BCUT2D eigenvalue weighted by atomic mass is 9.80. The minimum Gasteiger partial charge on any atom is -0.458 e. The summed E-state index contributed by atoms with van der Waals surface area (Å²) in [6, 6.07) is 18.5. The Morgan fingerprint density at radius 3 is 1.29 bits per heavy atom. The third-order valence-electron chi connectivity index (χ3n) is 7.62. The second kappa shape index (κ2) is 12.7. The number of hydrogen-bond acceptors (Lipinski definition) is 4. The van der Waals surface area contributed by atoms with Crippen LogP contribution in [0.4, 0.5) is 0 Å². The van der Waals surface area contributed by atoms with E-state index in [1.165, 1.54) is 38.5 Å². The van der Waals surface area contributed by atoms with Crippen molar-refractivity contribution >= 4 is 11.9 Å². The first-order valence-electron chi connectivity index (χ1n) is 13.2.